The van der Waals surface area contributed by atoms with Crippen LogP contribution < -0.4 is 10.1 Å². The lowest BCUT2D eigenvalue weighted by molar-refractivity contribution is 0.466. The van der Waals surface area contributed by atoms with Gasteiger partial charge in [-0.3, -0.25) is 4.98 Å². The minimum Gasteiger partial charge on any atom is -0.437 e. The van der Waals surface area contributed by atoms with E-state index in [4.69, 9.17) is 10.00 Å². The second-order valence-corrected chi connectivity index (χ2v) is 5.47. The van der Waals surface area contributed by atoms with Crippen LogP contribution in [0.25, 0.3) is 10.9 Å². The van der Waals surface area contributed by atoms with Crippen molar-refractivity contribution >= 4 is 22.5 Å². The van der Waals surface area contributed by atoms with Crippen LogP contribution in [0.1, 0.15) is 5.56 Å². The molecular formula is C20H13N5O. The molecule has 2 aromatic carbocycles. The second-order valence-electron chi connectivity index (χ2n) is 5.47. The van der Waals surface area contributed by atoms with Crippen LogP contribution in [0.5, 0.6) is 11.6 Å². The van der Waals surface area contributed by atoms with Gasteiger partial charge in [0.05, 0.1) is 11.6 Å². The summed E-state index contributed by atoms with van der Waals surface area (Å²) in [6.45, 7) is 0. The number of nitriles is 1. The van der Waals surface area contributed by atoms with Crippen LogP contribution in [0.4, 0.5) is 11.6 Å². The molecule has 0 saturated heterocycles. The molecule has 0 aliphatic heterocycles. The smallest absolute Gasteiger partial charge is 0.230 e. The summed E-state index contributed by atoms with van der Waals surface area (Å²) in [5.74, 6) is 1.45. The van der Waals surface area contributed by atoms with Gasteiger partial charge in [0.2, 0.25) is 11.8 Å². The van der Waals surface area contributed by atoms with Gasteiger partial charge >= 0.3 is 0 Å². The van der Waals surface area contributed by atoms with Gasteiger partial charge in [0.15, 0.2) is 5.75 Å². The van der Waals surface area contributed by atoms with E-state index in [9.17, 15) is 0 Å². The maximum atomic E-state index is 8.85. The molecule has 4 rings (SSSR count). The summed E-state index contributed by atoms with van der Waals surface area (Å²) in [6.07, 6.45) is 3.35. The van der Waals surface area contributed by atoms with Gasteiger partial charge in [-0.1, -0.05) is 18.2 Å². The molecular weight excluding hydrogens is 326 g/mol. The van der Waals surface area contributed by atoms with Crippen molar-refractivity contribution in [2.45, 2.75) is 0 Å². The summed E-state index contributed by atoms with van der Waals surface area (Å²) in [5, 5.41) is 12.9. The van der Waals surface area contributed by atoms with Crippen molar-refractivity contribution < 1.29 is 4.74 Å². The molecule has 0 bridgehead atoms. The van der Waals surface area contributed by atoms with Gasteiger partial charge in [0.1, 0.15) is 5.52 Å². The summed E-state index contributed by atoms with van der Waals surface area (Å²) >= 11 is 0. The fraction of sp³-hybridized carbons (Fsp3) is 0. The largest absolute Gasteiger partial charge is 0.437 e. The van der Waals surface area contributed by atoms with Gasteiger partial charge in [-0.25, -0.2) is 4.98 Å². The van der Waals surface area contributed by atoms with Crippen molar-refractivity contribution in [1.29, 1.82) is 5.26 Å². The quantitative estimate of drug-likeness (QED) is 0.592. The third-order valence-corrected chi connectivity index (χ3v) is 3.71. The Balaban J connectivity index is 1.58. The van der Waals surface area contributed by atoms with Crippen LogP contribution >= 0.6 is 0 Å². The summed E-state index contributed by atoms with van der Waals surface area (Å²) in [7, 11) is 0. The monoisotopic (exact) mass is 339 g/mol. The first kappa shape index (κ1) is 15.5. The number of ether oxygens (including phenoxy) is 1. The molecule has 0 unspecified atom stereocenters. The van der Waals surface area contributed by atoms with E-state index in [2.05, 4.69) is 26.3 Å². The van der Waals surface area contributed by atoms with E-state index in [-0.39, 0.29) is 0 Å². The molecule has 6 nitrogen and oxygen atoms in total. The van der Waals surface area contributed by atoms with Crippen molar-refractivity contribution in [2.75, 3.05) is 5.32 Å². The Labute approximate surface area is 149 Å². The standard InChI is InChI=1S/C20H13N5O/c21-13-14-6-8-16(9-7-14)24-20-23-12-10-18(25-20)26-17-5-1-3-15-4-2-11-22-19(15)17/h1-12H,(H,23,24,25). The number of para-hydroxylation sites is 1. The average Bonchev–Trinajstić information content (AvgIpc) is 2.69. The van der Waals surface area contributed by atoms with Gasteiger partial charge in [0, 0.05) is 29.5 Å². The number of nitrogens with zero attached hydrogens (tertiary/aromatic N) is 4. The molecule has 0 radical (unpaired) electrons. The van der Waals surface area contributed by atoms with Crippen LogP contribution in [0.2, 0.25) is 0 Å². The number of hydrogen-bond donors (Lipinski definition) is 1. The minimum absolute atomic E-state index is 0.403. The maximum Gasteiger partial charge on any atom is 0.230 e. The van der Waals surface area contributed by atoms with Crippen LogP contribution in [-0.4, -0.2) is 15.0 Å². The fourth-order valence-electron chi connectivity index (χ4n) is 2.49. The Kier molecular flexibility index (Phi) is 4.11. The lowest BCUT2D eigenvalue weighted by atomic mass is 10.2. The first-order chi connectivity index (χ1) is 12.8. The summed E-state index contributed by atoms with van der Waals surface area (Å²) < 4.78 is 5.91. The minimum atomic E-state index is 0.403. The van der Waals surface area contributed by atoms with E-state index < -0.39 is 0 Å². The first-order valence-electron chi connectivity index (χ1n) is 7.94. The molecule has 0 aliphatic rings. The highest BCUT2D eigenvalue weighted by Crippen LogP contribution is 2.27. The highest BCUT2D eigenvalue weighted by atomic mass is 16.5. The highest BCUT2D eigenvalue weighted by Gasteiger charge is 2.07. The molecule has 4 aromatic rings. The number of nitrogens with one attached hydrogen (secondary N) is 1. The lowest BCUT2D eigenvalue weighted by Crippen LogP contribution is -1.98. The molecule has 0 amide bonds. The van der Waals surface area contributed by atoms with Crippen LogP contribution in [0.15, 0.2) is 73.1 Å². The zero-order valence-corrected chi connectivity index (χ0v) is 13.6. The van der Waals surface area contributed by atoms with Gasteiger partial charge in [0.25, 0.3) is 0 Å². The van der Waals surface area contributed by atoms with E-state index in [1.54, 1.807) is 42.7 Å². The van der Waals surface area contributed by atoms with Crippen LogP contribution in [0, 0.1) is 11.3 Å². The van der Waals surface area contributed by atoms with Gasteiger partial charge in [-0.2, -0.15) is 10.2 Å². The van der Waals surface area contributed by atoms with Gasteiger partial charge in [-0.15, -0.1) is 0 Å². The van der Waals surface area contributed by atoms with Gasteiger partial charge in [-0.05, 0) is 36.4 Å². The zero-order chi connectivity index (χ0) is 17.8. The molecule has 2 aromatic heterocycles. The predicted molar refractivity (Wildman–Crippen MR) is 98.3 cm³/mol. The number of fused-ring (bicyclic) bond motifs is 1. The molecule has 124 valence electrons. The Morgan fingerprint density at radius 2 is 1.73 bits per heavy atom. The number of anilines is 2. The third-order valence-electron chi connectivity index (χ3n) is 3.71. The molecule has 0 spiro atoms. The Bertz CT molecular complexity index is 1100. The molecule has 0 atom stereocenters. The van der Waals surface area contributed by atoms with Gasteiger partial charge < -0.3 is 10.1 Å². The zero-order valence-electron chi connectivity index (χ0n) is 13.6. The molecule has 0 aliphatic carbocycles. The fourth-order valence-corrected chi connectivity index (χ4v) is 2.49. The van der Waals surface area contributed by atoms with E-state index in [1.165, 1.54) is 0 Å². The number of rotatable bonds is 4. The van der Waals surface area contributed by atoms with Crippen molar-refractivity contribution in [2.24, 2.45) is 0 Å². The van der Waals surface area contributed by atoms with Crippen molar-refractivity contribution in [3.8, 4) is 17.7 Å². The summed E-state index contributed by atoms with van der Waals surface area (Å²) in [6, 6.07) is 20.4. The first-order valence-corrected chi connectivity index (χ1v) is 7.94. The van der Waals surface area contributed by atoms with Crippen LogP contribution in [0.3, 0.4) is 0 Å². The number of pyridine rings is 1. The molecule has 1 N–H and O–H groups in total. The topological polar surface area (TPSA) is 83.7 Å². The molecule has 2 heterocycles. The lowest BCUT2D eigenvalue weighted by Gasteiger charge is -2.09. The maximum absolute atomic E-state index is 8.85. The second kappa shape index (κ2) is 6.87. The molecule has 26 heavy (non-hydrogen) atoms. The van der Waals surface area contributed by atoms with Crippen molar-refractivity contribution in [3.05, 3.63) is 78.6 Å². The van der Waals surface area contributed by atoms with Crippen molar-refractivity contribution in [1.82, 2.24) is 15.0 Å². The van der Waals surface area contributed by atoms with Crippen molar-refractivity contribution in [3.63, 3.8) is 0 Å². The van der Waals surface area contributed by atoms with Crippen LogP contribution in [-0.2, 0) is 0 Å². The normalized spacial score (nSPS) is 10.3. The predicted octanol–water partition coefficient (Wildman–Crippen LogP) is 4.43. The third kappa shape index (κ3) is 3.28. The number of benzene rings is 2. The van der Waals surface area contributed by atoms with E-state index in [0.717, 1.165) is 16.6 Å². The summed E-state index contributed by atoms with van der Waals surface area (Å²) in [4.78, 5) is 12.9. The number of aromatic nitrogens is 3. The Morgan fingerprint density at radius 1 is 0.885 bits per heavy atom. The summed E-state index contributed by atoms with van der Waals surface area (Å²) in [5.41, 5.74) is 2.15. The number of hydrogen-bond acceptors (Lipinski definition) is 6. The molecule has 6 heteroatoms. The molecule has 0 fully saturated rings. The van der Waals surface area contributed by atoms with E-state index in [0.29, 0.717) is 23.1 Å². The molecule has 0 saturated carbocycles. The Hall–Kier alpha value is -3.98. The highest BCUT2D eigenvalue weighted by molar-refractivity contribution is 5.84. The Morgan fingerprint density at radius 3 is 2.58 bits per heavy atom. The van der Waals surface area contributed by atoms with E-state index in [1.807, 2.05) is 30.3 Å². The van der Waals surface area contributed by atoms with E-state index >= 15 is 0 Å². The SMILES string of the molecule is N#Cc1ccc(Nc2nccc(Oc3cccc4cccnc34)n2)cc1. The average molecular weight is 339 g/mol.